The zero-order valence-corrected chi connectivity index (χ0v) is 14.5. The molecule has 0 saturated carbocycles. The predicted octanol–water partition coefficient (Wildman–Crippen LogP) is 1.83. The van der Waals surface area contributed by atoms with Gasteiger partial charge in [0, 0.05) is 32.7 Å². The SMILES string of the molecule is CC(C)C(N)CCN(C)S(=O)(=O)N1CCCCCC1.Cl. The zero-order valence-electron chi connectivity index (χ0n) is 12.9. The van der Waals surface area contributed by atoms with E-state index in [1.807, 2.05) is 0 Å². The van der Waals surface area contributed by atoms with Gasteiger partial charge in [-0.15, -0.1) is 12.4 Å². The maximum Gasteiger partial charge on any atom is 0.281 e. The number of rotatable bonds is 6. The Hall–Kier alpha value is 0.120. The summed E-state index contributed by atoms with van der Waals surface area (Å²) in [4.78, 5) is 0. The summed E-state index contributed by atoms with van der Waals surface area (Å²) in [5, 5.41) is 0. The van der Waals surface area contributed by atoms with Crippen molar-refractivity contribution in [3.63, 3.8) is 0 Å². The average Bonchev–Trinajstić information content (AvgIpc) is 2.64. The van der Waals surface area contributed by atoms with Crippen molar-refractivity contribution in [2.24, 2.45) is 11.7 Å². The van der Waals surface area contributed by atoms with Crippen molar-refractivity contribution in [2.75, 3.05) is 26.7 Å². The van der Waals surface area contributed by atoms with Crippen LogP contribution in [0.1, 0.15) is 46.0 Å². The van der Waals surface area contributed by atoms with Gasteiger partial charge in [-0.05, 0) is 25.2 Å². The van der Waals surface area contributed by atoms with Crippen molar-refractivity contribution in [3.8, 4) is 0 Å². The van der Waals surface area contributed by atoms with Crippen LogP contribution in [0, 0.1) is 5.92 Å². The number of nitrogens with two attached hydrogens (primary N) is 1. The van der Waals surface area contributed by atoms with Crippen LogP contribution in [0.15, 0.2) is 0 Å². The van der Waals surface area contributed by atoms with Gasteiger partial charge in [0.2, 0.25) is 0 Å². The molecule has 5 nitrogen and oxygen atoms in total. The molecule has 1 aliphatic rings. The summed E-state index contributed by atoms with van der Waals surface area (Å²) in [7, 11) is -1.64. The van der Waals surface area contributed by atoms with Gasteiger partial charge in [-0.2, -0.15) is 17.0 Å². The molecule has 1 fully saturated rings. The highest BCUT2D eigenvalue weighted by Crippen LogP contribution is 2.16. The molecule has 1 heterocycles. The fourth-order valence-electron chi connectivity index (χ4n) is 2.25. The molecular weight excluding hydrogens is 298 g/mol. The van der Waals surface area contributed by atoms with Crippen LogP contribution in [0.4, 0.5) is 0 Å². The molecule has 20 heavy (non-hydrogen) atoms. The van der Waals surface area contributed by atoms with Crippen molar-refractivity contribution in [3.05, 3.63) is 0 Å². The molecule has 0 radical (unpaired) electrons. The largest absolute Gasteiger partial charge is 0.327 e. The molecule has 0 spiro atoms. The second kappa shape index (κ2) is 9.20. The molecule has 122 valence electrons. The normalized spacial score (nSPS) is 19.7. The van der Waals surface area contributed by atoms with Crippen LogP contribution < -0.4 is 5.73 Å². The Morgan fingerprint density at radius 1 is 1.15 bits per heavy atom. The lowest BCUT2D eigenvalue weighted by Crippen LogP contribution is -2.44. The van der Waals surface area contributed by atoms with E-state index < -0.39 is 10.2 Å². The molecule has 1 aliphatic heterocycles. The van der Waals surface area contributed by atoms with E-state index in [9.17, 15) is 8.42 Å². The fourth-order valence-corrected chi connectivity index (χ4v) is 3.70. The molecule has 0 aromatic carbocycles. The second-order valence-electron chi connectivity index (χ2n) is 5.84. The fraction of sp³-hybridized carbons (Fsp3) is 1.00. The van der Waals surface area contributed by atoms with Gasteiger partial charge in [0.05, 0.1) is 0 Å². The van der Waals surface area contributed by atoms with E-state index in [2.05, 4.69) is 13.8 Å². The van der Waals surface area contributed by atoms with Crippen LogP contribution in [0.25, 0.3) is 0 Å². The Morgan fingerprint density at radius 3 is 2.10 bits per heavy atom. The summed E-state index contributed by atoms with van der Waals surface area (Å²) in [6, 6.07) is 0.0572. The smallest absolute Gasteiger partial charge is 0.281 e. The lowest BCUT2D eigenvalue weighted by molar-refractivity contribution is 0.347. The lowest BCUT2D eigenvalue weighted by atomic mass is 10.0. The van der Waals surface area contributed by atoms with Crippen LogP contribution in [0.5, 0.6) is 0 Å². The molecule has 1 atom stereocenters. The highest BCUT2D eigenvalue weighted by molar-refractivity contribution is 7.86. The summed E-state index contributed by atoms with van der Waals surface area (Å²) in [5.74, 6) is 0.384. The van der Waals surface area contributed by atoms with E-state index in [1.54, 1.807) is 11.4 Å². The van der Waals surface area contributed by atoms with Gasteiger partial charge in [0.25, 0.3) is 10.2 Å². The van der Waals surface area contributed by atoms with Crippen molar-refractivity contribution >= 4 is 22.6 Å². The van der Waals surface area contributed by atoms with Crippen molar-refractivity contribution < 1.29 is 8.42 Å². The predicted molar refractivity (Wildman–Crippen MR) is 86.3 cm³/mol. The standard InChI is InChI=1S/C13H29N3O2S.ClH/c1-12(2)13(14)8-11-15(3)19(17,18)16-9-6-4-5-7-10-16;/h12-13H,4-11,14H2,1-3H3;1H. The first-order valence-corrected chi connectivity index (χ1v) is 8.72. The Kier molecular flexibility index (Phi) is 9.26. The van der Waals surface area contributed by atoms with Gasteiger partial charge < -0.3 is 5.73 Å². The summed E-state index contributed by atoms with van der Waals surface area (Å²) in [6.45, 7) is 5.94. The molecule has 0 amide bonds. The minimum absolute atomic E-state index is 0. The molecule has 1 rings (SSSR count). The first-order valence-electron chi connectivity index (χ1n) is 7.32. The third-order valence-corrected chi connectivity index (χ3v) is 5.91. The molecule has 0 aromatic rings. The van der Waals surface area contributed by atoms with Crippen LogP contribution >= 0.6 is 12.4 Å². The Bertz CT molecular complexity index is 355. The molecule has 0 bridgehead atoms. The molecule has 0 aromatic heterocycles. The first kappa shape index (κ1) is 20.1. The zero-order chi connectivity index (χ0) is 14.5. The van der Waals surface area contributed by atoms with Gasteiger partial charge in [0.1, 0.15) is 0 Å². The van der Waals surface area contributed by atoms with Gasteiger partial charge in [-0.25, -0.2) is 0 Å². The van der Waals surface area contributed by atoms with Crippen molar-refractivity contribution in [2.45, 2.75) is 52.0 Å². The summed E-state index contributed by atoms with van der Waals surface area (Å²) in [5.41, 5.74) is 5.98. The van der Waals surface area contributed by atoms with Gasteiger partial charge in [-0.1, -0.05) is 26.7 Å². The Labute approximate surface area is 130 Å². The minimum Gasteiger partial charge on any atom is -0.327 e. The third-order valence-electron chi connectivity index (χ3n) is 3.92. The molecule has 1 unspecified atom stereocenters. The number of nitrogens with zero attached hydrogens (tertiary/aromatic N) is 2. The van der Waals surface area contributed by atoms with Crippen LogP contribution in [0.3, 0.4) is 0 Å². The molecule has 7 heteroatoms. The van der Waals surface area contributed by atoms with Crippen LogP contribution in [-0.4, -0.2) is 49.8 Å². The third kappa shape index (κ3) is 5.85. The maximum atomic E-state index is 12.4. The molecule has 2 N–H and O–H groups in total. The Morgan fingerprint density at radius 2 is 1.65 bits per heavy atom. The topological polar surface area (TPSA) is 66.6 Å². The van der Waals surface area contributed by atoms with E-state index in [-0.39, 0.29) is 18.4 Å². The number of hydrogen-bond donors (Lipinski definition) is 1. The molecule has 1 saturated heterocycles. The summed E-state index contributed by atoms with van der Waals surface area (Å²) < 4.78 is 27.9. The number of halogens is 1. The van der Waals surface area contributed by atoms with E-state index in [4.69, 9.17) is 5.73 Å². The highest BCUT2D eigenvalue weighted by Gasteiger charge is 2.27. The number of hydrogen-bond acceptors (Lipinski definition) is 3. The molecule has 0 aliphatic carbocycles. The van der Waals surface area contributed by atoms with Crippen LogP contribution in [-0.2, 0) is 10.2 Å². The van der Waals surface area contributed by atoms with E-state index in [0.29, 0.717) is 32.0 Å². The van der Waals surface area contributed by atoms with Crippen molar-refractivity contribution in [1.29, 1.82) is 0 Å². The average molecular weight is 328 g/mol. The second-order valence-corrected chi connectivity index (χ2v) is 7.87. The quantitative estimate of drug-likeness (QED) is 0.809. The highest BCUT2D eigenvalue weighted by atomic mass is 35.5. The maximum absolute atomic E-state index is 12.4. The van der Waals surface area contributed by atoms with Crippen LogP contribution in [0.2, 0.25) is 0 Å². The van der Waals surface area contributed by atoms with E-state index in [0.717, 1.165) is 25.7 Å². The van der Waals surface area contributed by atoms with Gasteiger partial charge in [0.15, 0.2) is 0 Å². The monoisotopic (exact) mass is 327 g/mol. The van der Waals surface area contributed by atoms with Crippen molar-refractivity contribution in [1.82, 2.24) is 8.61 Å². The van der Waals surface area contributed by atoms with Gasteiger partial charge in [-0.3, -0.25) is 0 Å². The first-order chi connectivity index (χ1) is 8.85. The van der Waals surface area contributed by atoms with Gasteiger partial charge >= 0.3 is 0 Å². The molecular formula is C13H30ClN3O2S. The lowest BCUT2D eigenvalue weighted by Gasteiger charge is -2.27. The van der Waals surface area contributed by atoms with E-state index >= 15 is 0 Å². The van der Waals surface area contributed by atoms with E-state index in [1.165, 1.54) is 4.31 Å². The summed E-state index contributed by atoms with van der Waals surface area (Å²) >= 11 is 0. The minimum atomic E-state index is -3.30. The summed E-state index contributed by atoms with van der Waals surface area (Å²) in [6.07, 6.45) is 4.92. The Balaban J connectivity index is 0.00000361.